The number of pyridine rings is 1. The molecule has 0 fully saturated rings. The Morgan fingerprint density at radius 1 is 1.04 bits per heavy atom. The average Bonchev–Trinajstić information content (AvgIpc) is 2.73. The van der Waals surface area contributed by atoms with Gasteiger partial charge in [0.1, 0.15) is 19.0 Å². The summed E-state index contributed by atoms with van der Waals surface area (Å²) in [6, 6.07) is 17.2. The lowest BCUT2D eigenvalue weighted by Gasteiger charge is -2.19. The van der Waals surface area contributed by atoms with Crippen LogP contribution in [0.4, 0.5) is 11.5 Å². The van der Waals surface area contributed by atoms with Gasteiger partial charge in [0.15, 0.2) is 11.5 Å². The normalized spacial score (nSPS) is 12.3. The Kier molecular flexibility index (Phi) is 5.10. The molecule has 1 aliphatic rings. The molecule has 0 spiro atoms. The van der Waals surface area contributed by atoms with Crippen LogP contribution >= 0.6 is 0 Å². The van der Waals surface area contributed by atoms with Crippen LogP contribution in [-0.4, -0.2) is 24.1 Å². The number of hydrogen-bond acceptors (Lipinski definition) is 5. The van der Waals surface area contributed by atoms with Gasteiger partial charge in [-0.05, 0) is 42.3 Å². The third-order valence-corrected chi connectivity index (χ3v) is 4.54. The van der Waals surface area contributed by atoms with Crippen molar-refractivity contribution >= 4 is 17.4 Å². The molecule has 3 aromatic rings. The van der Waals surface area contributed by atoms with E-state index < -0.39 is 0 Å². The van der Waals surface area contributed by atoms with Gasteiger partial charge >= 0.3 is 0 Å². The molecule has 1 amide bonds. The zero-order chi connectivity index (χ0) is 19.3. The molecular formula is C22H21N3O3. The molecular weight excluding hydrogens is 354 g/mol. The standard InChI is InChI=1S/C22H21N3O3/c1-15-4-2-3-5-16(15)13-24-22(26)17-6-9-21(23-14-17)25-18-7-8-19-20(12-18)28-11-10-27-19/h2-9,12,14H,10-11,13H2,1H3,(H,23,25)(H,24,26). The first-order chi connectivity index (χ1) is 13.7. The van der Waals surface area contributed by atoms with E-state index in [-0.39, 0.29) is 5.91 Å². The van der Waals surface area contributed by atoms with E-state index >= 15 is 0 Å². The predicted octanol–water partition coefficient (Wildman–Crippen LogP) is 3.83. The summed E-state index contributed by atoms with van der Waals surface area (Å²) in [4.78, 5) is 16.7. The first-order valence-corrected chi connectivity index (χ1v) is 9.14. The SMILES string of the molecule is Cc1ccccc1CNC(=O)c1ccc(Nc2ccc3c(c2)OCCO3)nc1. The molecule has 4 rings (SSSR count). The Hall–Kier alpha value is -3.54. The monoisotopic (exact) mass is 375 g/mol. The van der Waals surface area contributed by atoms with Crippen molar-refractivity contribution in [3.63, 3.8) is 0 Å². The summed E-state index contributed by atoms with van der Waals surface area (Å²) in [6.45, 7) is 3.62. The van der Waals surface area contributed by atoms with Crippen LogP contribution < -0.4 is 20.1 Å². The average molecular weight is 375 g/mol. The summed E-state index contributed by atoms with van der Waals surface area (Å²) >= 11 is 0. The van der Waals surface area contributed by atoms with Gasteiger partial charge in [-0.2, -0.15) is 0 Å². The minimum atomic E-state index is -0.151. The van der Waals surface area contributed by atoms with Crippen molar-refractivity contribution in [3.8, 4) is 11.5 Å². The van der Waals surface area contributed by atoms with Crippen LogP contribution in [0.3, 0.4) is 0 Å². The van der Waals surface area contributed by atoms with E-state index in [2.05, 4.69) is 15.6 Å². The number of ether oxygens (including phenoxy) is 2. The highest BCUT2D eigenvalue weighted by molar-refractivity contribution is 5.94. The second-order valence-electron chi connectivity index (χ2n) is 6.52. The van der Waals surface area contributed by atoms with E-state index in [1.807, 2.05) is 49.4 Å². The second kappa shape index (κ2) is 8.00. The number of rotatable bonds is 5. The molecule has 1 aliphatic heterocycles. The van der Waals surface area contributed by atoms with Gasteiger partial charge in [-0.25, -0.2) is 4.98 Å². The van der Waals surface area contributed by atoms with E-state index in [1.165, 1.54) is 0 Å². The Balaban J connectivity index is 1.38. The molecule has 0 atom stereocenters. The molecule has 2 aromatic carbocycles. The van der Waals surface area contributed by atoms with E-state index in [0.717, 1.165) is 22.6 Å². The fourth-order valence-electron chi connectivity index (χ4n) is 2.96. The molecule has 2 heterocycles. The van der Waals surface area contributed by atoms with E-state index in [9.17, 15) is 4.79 Å². The van der Waals surface area contributed by atoms with Crippen LogP contribution in [0.2, 0.25) is 0 Å². The highest BCUT2D eigenvalue weighted by Gasteiger charge is 2.12. The van der Waals surface area contributed by atoms with Gasteiger partial charge in [0.2, 0.25) is 0 Å². The second-order valence-corrected chi connectivity index (χ2v) is 6.52. The lowest BCUT2D eigenvalue weighted by atomic mass is 10.1. The van der Waals surface area contributed by atoms with Gasteiger partial charge in [-0.3, -0.25) is 4.79 Å². The number of amides is 1. The van der Waals surface area contributed by atoms with Crippen LogP contribution in [0.5, 0.6) is 11.5 Å². The van der Waals surface area contributed by atoms with Crippen molar-refractivity contribution in [2.45, 2.75) is 13.5 Å². The number of benzene rings is 2. The van der Waals surface area contributed by atoms with Crippen LogP contribution in [0.1, 0.15) is 21.5 Å². The first kappa shape index (κ1) is 17.9. The maximum atomic E-state index is 12.4. The van der Waals surface area contributed by atoms with Gasteiger partial charge in [0.05, 0.1) is 5.56 Å². The van der Waals surface area contributed by atoms with E-state index in [1.54, 1.807) is 18.3 Å². The summed E-state index contributed by atoms with van der Waals surface area (Å²) in [5.74, 6) is 1.95. The summed E-state index contributed by atoms with van der Waals surface area (Å²) in [6.07, 6.45) is 1.56. The zero-order valence-electron chi connectivity index (χ0n) is 15.6. The minimum Gasteiger partial charge on any atom is -0.486 e. The van der Waals surface area contributed by atoms with Crippen molar-refractivity contribution in [3.05, 3.63) is 77.5 Å². The number of fused-ring (bicyclic) bond motifs is 1. The quantitative estimate of drug-likeness (QED) is 0.709. The summed E-state index contributed by atoms with van der Waals surface area (Å²) in [5.41, 5.74) is 3.61. The molecule has 2 N–H and O–H groups in total. The topological polar surface area (TPSA) is 72.5 Å². The fourth-order valence-corrected chi connectivity index (χ4v) is 2.96. The van der Waals surface area contributed by atoms with Crippen molar-refractivity contribution < 1.29 is 14.3 Å². The molecule has 6 heteroatoms. The summed E-state index contributed by atoms with van der Waals surface area (Å²) in [7, 11) is 0. The lowest BCUT2D eigenvalue weighted by Crippen LogP contribution is -2.23. The van der Waals surface area contributed by atoms with Gasteiger partial charge < -0.3 is 20.1 Å². The third kappa shape index (κ3) is 4.06. The molecule has 0 bridgehead atoms. The molecule has 28 heavy (non-hydrogen) atoms. The molecule has 142 valence electrons. The lowest BCUT2D eigenvalue weighted by molar-refractivity contribution is 0.0950. The Bertz CT molecular complexity index is 987. The maximum Gasteiger partial charge on any atom is 0.253 e. The molecule has 1 aromatic heterocycles. The van der Waals surface area contributed by atoms with Gasteiger partial charge in [0.25, 0.3) is 5.91 Å². The molecule has 6 nitrogen and oxygen atoms in total. The number of carbonyl (C=O) groups is 1. The summed E-state index contributed by atoms with van der Waals surface area (Å²) < 4.78 is 11.1. The summed E-state index contributed by atoms with van der Waals surface area (Å²) in [5, 5.41) is 6.14. The maximum absolute atomic E-state index is 12.4. The van der Waals surface area contributed by atoms with E-state index in [4.69, 9.17) is 9.47 Å². The number of nitrogens with zero attached hydrogens (tertiary/aromatic N) is 1. The number of anilines is 2. The van der Waals surface area contributed by atoms with Crippen LogP contribution in [0.25, 0.3) is 0 Å². The first-order valence-electron chi connectivity index (χ1n) is 9.14. The smallest absolute Gasteiger partial charge is 0.253 e. The minimum absolute atomic E-state index is 0.151. The Morgan fingerprint density at radius 2 is 1.86 bits per heavy atom. The molecule has 0 saturated heterocycles. The number of aryl methyl sites for hydroxylation is 1. The van der Waals surface area contributed by atoms with Gasteiger partial charge in [-0.15, -0.1) is 0 Å². The van der Waals surface area contributed by atoms with E-state index in [0.29, 0.717) is 36.9 Å². The Morgan fingerprint density at radius 3 is 2.64 bits per heavy atom. The Labute approximate surface area is 163 Å². The molecule has 0 radical (unpaired) electrons. The largest absolute Gasteiger partial charge is 0.486 e. The number of nitrogens with one attached hydrogen (secondary N) is 2. The number of carbonyl (C=O) groups excluding carboxylic acids is 1. The van der Waals surface area contributed by atoms with Gasteiger partial charge in [-0.1, -0.05) is 24.3 Å². The van der Waals surface area contributed by atoms with Crippen LogP contribution in [0, 0.1) is 6.92 Å². The molecule has 0 saturated carbocycles. The number of aromatic nitrogens is 1. The highest BCUT2D eigenvalue weighted by Crippen LogP contribution is 2.33. The predicted molar refractivity (Wildman–Crippen MR) is 107 cm³/mol. The van der Waals surface area contributed by atoms with Crippen molar-refractivity contribution in [1.82, 2.24) is 10.3 Å². The van der Waals surface area contributed by atoms with Gasteiger partial charge in [0, 0.05) is 24.5 Å². The fraction of sp³-hybridized carbons (Fsp3) is 0.182. The number of hydrogen-bond donors (Lipinski definition) is 2. The van der Waals surface area contributed by atoms with Crippen LogP contribution in [0.15, 0.2) is 60.8 Å². The third-order valence-electron chi connectivity index (χ3n) is 4.54. The van der Waals surface area contributed by atoms with Crippen molar-refractivity contribution in [1.29, 1.82) is 0 Å². The van der Waals surface area contributed by atoms with Crippen molar-refractivity contribution in [2.75, 3.05) is 18.5 Å². The molecule has 0 aliphatic carbocycles. The van der Waals surface area contributed by atoms with Crippen LogP contribution in [-0.2, 0) is 6.54 Å². The van der Waals surface area contributed by atoms with Crippen molar-refractivity contribution in [2.24, 2.45) is 0 Å². The molecule has 0 unspecified atom stereocenters. The highest BCUT2D eigenvalue weighted by atomic mass is 16.6. The zero-order valence-corrected chi connectivity index (χ0v) is 15.6.